The molecule has 21 heavy (non-hydrogen) atoms. The lowest BCUT2D eigenvalue weighted by atomic mass is 9.99. The molecule has 1 aliphatic rings. The summed E-state index contributed by atoms with van der Waals surface area (Å²) in [6, 6.07) is 0. The van der Waals surface area contributed by atoms with Gasteiger partial charge in [-0.3, -0.25) is 4.79 Å². The molecule has 2 atom stereocenters. The van der Waals surface area contributed by atoms with Crippen LogP contribution in [0.1, 0.15) is 58.3 Å². The molecule has 1 fully saturated rings. The van der Waals surface area contributed by atoms with Gasteiger partial charge in [-0.1, -0.05) is 26.2 Å². The molecule has 0 spiro atoms. The lowest BCUT2D eigenvalue weighted by molar-refractivity contribution is -0.212. The largest absolute Gasteiger partial charge is 0.490 e. The van der Waals surface area contributed by atoms with Gasteiger partial charge in [0.25, 0.3) is 0 Å². The third kappa shape index (κ3) is 6.35. The van der Waals surface area contributed by atoms with Gasteiger partial charge in [0.2, 0.25) is 0 Å². The minimum atomic E-state index is -5.03. The number of esters is 2. The molecule has 4 nitrogen and oxygen atoms in total. The van der Waals surface area contributed by atoms with Crippen LogP contribution in [-0.4, -0.2) is 30.3 Å². The maximum absolute atomic E-state index is 12.3. The molecule has 0 N–H and O–H groups in total. The molecule has 2 unspecified atom stereocenters. The van der Waals surface area contributed by atoms with Gasteiger partial charge in [-0.05, 0) is 25.7 Å². The zero-order chi connectivity index (χ0) is 15.9. The second-order valence-electron chi connectivity index (χ2n) is 5.21. The van der Waals surface area contributed by atoms with Crippen LogP contribution in [0.5, 0.6) is 0 Å². The van der Waals surface area contributed by atoms with Crippen molar-refractivity contribution in [3.63, 3.8) is 0 Å². The van der Waals surface area contributed by atoms with Gasteiger partial charge >= 0.3 is 18.1 Å². The maximum atomic E-state index is 12.3. The van der Waals surface area contributed by atoms with Crippen LogP contribution >= 0.6 is 0 Å². The summed E-state index contributed by atoms with van der Waals surface area (Å²) in [4.78, 5) is 22.3. The van der Waals surface area contributed by atoms with Crippen LogP contribution in [-0.2, 0) is 19.1 Å². The quantitative estimate of drug-likeness (QED) is 0.533. The fourth-order valence-electron chi connectivity index (χ4n) is 2.29. The normalized spacial score (nSPS) is 20.8. The highest BCUT2D eigenvalue weighted by atomic mass is 19.4. The van der Waals surface area contributed by atoms with E-state index in [9.17, 15) is 22.8 Å². The number of ether oxygens (including phenoxy) is 2. The number of unbranched alkanes of at least 4 members (excludes halogenated alkanes) is 3. The number of halogens is 3. The van der Waals surface area contributed by atoms with Crippen LogP contribution in [0.4, 0.5) is 13.2 Å². The van der Waals surface area contributed by atoms with Crippen molar-refractivity contribution in [2.24, 2.45) is 0 Å². The van der Waals surface area contributed by atoms with Crippen LogP contribution in [0.15, 0.2) is 0 Å². The van der Waals surface area contributed by atoms with Crippen LogP contribution in [0.25, 0.3) is 0 Å². The highest BCUT2D eigenvalue weighted by Crippen LogP contribution is 2.26. The van der Waals surface area contributed by atoms with E-state index in [1.165, 1.54) is 0 Å². The fraction of sp³-hybridized carbons (Fsp3) is 0.857. The Labute approximate surface area is 122 Å². The molecule has 0 bridgehead atoms. The molecule has 1 heterocycles. The van der Waals surface area contributed by atoms with Gasteiger partial charge in [-0.25, -0.2) is 4.79 Å². The highest BCUT2D eigenvalue weighted by Gasteiger charge is 2.44. The summed E-state index contributed by atoms with van der Waals surface area (Å²) in [5, 5.41) is 0. The van der Waals surface area contributed by atoms with Gasteiger partial charge in [0.15, 0.2) is 0 Å². The Balaban J connectivity index is 2.60. The molecule has 1 aliphatic heterocycles. The summed E-state index contributed by atoms with van der Waals surface area (Å²) in [7, 11) is 0. The molecular weight excluding hydrogens is 289 g/mol. The third-order valence-electron chi connectivity index (χ3n) is 3.40. The first-order valence-corrected chi connectivity index (χ1v) is 7.32. The molecule has 0 amide bonds. The van der Waals surface area contributed by atoms with E-state index in [-0.39, 0.29) is 12.8 Å². The van der Waals surface area contributed by atoms with Crippen LogP contribution in [0.3, 0.4) is 0 Å². The summed E-state index contributed by atoms with van der Waals surface area (Å²) in [5.74, 6) is -2.67. The number of cyclic esters (lactones) is 1. The predicted octanol–water partition coefficient (Wildman–Crippen LogP) is 3.53. The Kier molecular flexibility index (Phi) is 6.98. The first kappa shape index (κ1) is 17.8. The highest BCUT2D eigenvalue weighted by molar-refractivity contribution is 5.76. The number of alkyl halides is 3. The predicted molar refractivity (Wildman–Crippen MR) is 68.4 cm³/mol. The van der Waals surface area contributed by atoms with Crippen molar-refractivity contribution in [1.82, 2.24) is 0 Å². The molecular formula is C14H21F3O4. The Hall–Kier alpha value is -1.27. The van der Waals surface area contributed by atoms with Crippen molar-refractivity contribution < 1.29 is 32.2 Å². The van der Waals surface area contributed by atoms with Crippen LogP contribution < -0.4 is 0 Å². The number of carbonyl (C=O) groups excluding carboxylic acids is 2. The Bertz CT molecular complexity index is 355. The van der Waals surface area contributed by atoms with E-state index < -0.39 is 30.3 Å². The van der Waals surface area contributed by atoms with Crippen molar-refractivity contribution in [3.8, 4) is 0 Å². The Morgan fingerprint density at radius 2 is 2.10 bits per heavy atom. The molecule has 0 aliphatic carbocycles. The lowest BCUT2D eigenvalue weighted by Crippen LogP contribution is -2.40. The molecule has 0 radical (unpaired) electrons. The fourth-order valence-corrected chi connectivity index (χ4v) is 2.29. The Morgan fingerprint density at radius 1 is 1.38 bits per heavy atom. The summed E-state index contributed by atoms with van der Waals surface area (Å²) in [5.41, 5.74) is 0. The molecule has 0 aromatic rings. The molecule has 122 valence electrons. The number of hydrogen-bond acceptors (Lipinski definition) is 4. The Morgan fingerprint density at radius 3 is 2.67 bits per heavy atom. The van der Waals surface area contributed by atoms with Crippen molar-refractivity contribution >= 4 is 11.9 Å². The minimum absolute atomic E-state index is 0.256. The van der Waals surface area contributed by atoms with Crippen molar-refractivity contribution in [2.45, 2.75) is 76.7 Å². The summed E-state index contributed by atoms with van der Waals surface area (Å²) in [6.07, 6.45) is -1.87. The van der Waals surface area contributed by atoms with E-state index >= 15 is 0 Å². The third-order valence-corrected chi connectivity index (χ3v) is 3.40. The lowest BCUT2D eigenvalue weighted by Gasteiger charge is -2.30. The van der Waals surface area contributed by atoms with Crippen LogP contribution in [0.2, 0.25) is 0 Å². The number of hydrogen-bond donors (Lipinski definition) is 0. The monoisotopic (exact) mass is 310 g/mol. The first-order valence-electron chi connectivity index (χ1n) is 7.32. The van der Waals surface area contributed by atoms with Crippen molar-refractivity contribution in [1.29, 1.82) is 0 Å². The zero-order valence-electron chi connectivity index (χ0n) is 12.1. The van der Waals surface area contributed by atoms with E-state index in [2.05, 4.69) is 4.74 Å². The van der Waals surface area contributed by atoms with E-state index in [1.807, 2.05) is 6.92 Å². The number of carbonyl (C=O) groups is 2. The molecule has 1 saturated heterocycles. The summed E-state index contributed by atoms with van der Waals surface area (Å²) in [6.45, 7) is 2.02. The van der Waals surface area contributed by atoms with Gasteiger partial charge in [0.05, 0.1) is 0 Å². The molecule has 7 heteroatoms. The minimum Gasteiger partial charge on any atom is -0.458 e. The topological polar surface area (TPSA) is 52.6 Å². The smallest absolute Gasteiger partial charge is 0.458 e. The van der Waals surface area contributed by atoms with Crippen molar-refractivity contribution in [2.75, 3.05) is 0 Å². The second kappa shape index (κ2) is 8.24. The van der Waals surface area contributed by atoms with Crippen LogP contribution in [0, 0.1) is 0 Å². The molecule has 0 aromatic heterocycles. The first-order chi connectivity index (χ1) is 9.84. The summed E-state index contributed by atoms with van der Waals surface area (Å²) < 4.78 is 46.5. The average molecular weight is 310 g/mol. The zero-order valence-corrected chi connectivity index (χ0v) is 12.1. The average Bonchev–Trinajstić information content (AvgIpc) is 2.41. The van der Waals surface area contributed by atoms with Gasteiger partial charge in [0, 0.05) is 6.42 Å². The number of rotatable bonds is 7. The molecule has 0 saturated carbocycles. The van der Waals surface area contributed by atoms with E-state index in [0.29, 0.717) is 19.3 Å². The van der Waals surface area contributed by atoms with E-state index in [0.717, 1.165) is 19.3 Å². The summed E-state index contributed by atoms with van der Waals surface area (Å²) >= 11 is 0. The van der Waals surface area contributed by atoms with Gasteiger partial charge < -0.3 is 9.47 Å². The van der Waals surface area contributed by atoms with Crippen molar-refractivity contribution in [3.05, 3.63) is 0 Å². The van der Waals surface area contributed by atoms with E-state index in [4.69, 9.17) is 4.74 Å². The van der Waals surface area contributed by atoms with Gasteiger partial charge in [0.1, 0.15) is 12.2 Å². The molecule has 0 aromatic carbocycles. The van der Waals surface area contributed by atoms with Gasteiger partial charge in [-0.15, -0.1) is 0 Å². The standard InChI is InChI=1S/C14H21F3O4/c1-2-3-4-5-7-11(21-13(19)14(15,16)17)10-8-6-9-12(18)20-10/h10-11H,2-9H2,1H3. The van der Waals surface area contributed by atoms with Gasteiger partial charge in [-0.2, -0.15) is 13.2 Å². The second-order valence-corrected chi connectivity index (χ2v) is 5.21. The molecule has 1 rings (SSSR count). The van der Waals surface area contributed by atoms with E-state index in [1.54, 1.807) is 0 Å². The maximum Gasteiger partial charge on any atom is 0.490 e. The SMILES string of the molecule is CCCCCCC(OC(=O)C(F)(F)F)C1CCCC(=O)O1.